The van der Waals surface area contributed by atoms with Crippen LogP contribution in [0.3, 0.4) is 0 Å². The average Bonchev–Trinajstić information content (AvgIpc) is 3.06. The van der Waals surface area contributed by atoms with Crippen molar-refractivity contribution in [3.63, 3.8) is 0 Å². The molecule has 1 fully saturated rings. The van der Waals surface area contributed by atoms with E-state index in [0.717, 1.165) is 18.7 Å². The summed E-state index contributed by atoms with van der Waals surface area (Å²) < 4.78 is 1.92. The maximum atomic E-state index is 11.3. The van der Waals surface area contributed by atoms with Gasteiger partial charge in [-0.05, 0) is 25.8 Å². The van der Waals surface area contributed by atoms with Crippen molar-refractivity contribution in [2.45, 2.75) is 24.9 Å². The number of likely N-dealkylation sites (N-methyl/N-ethyl adjacent to an activating group) is 1. The zero-order valence-corrected chi connectivity index (χ0v) is 10.8. The van der Waals surface area contributed by atoms with Gasteiger partial charge in [0, 0.05) is 26.0 Å². The van der Waals surface area contributed by atoms with Crippen LogP contribution in [0.25, 0.3) is 0 Å². The molecule has 1 saturated carbocycles. The van der Waals surface area contributed by atoms with Crippen molar-refractivity contribution in [1.29, 1.82) is 0 Å². The number of carboxylic acids is 1. The number of nitrogens with zero attached hydrogens (tertiary/aromatic N) is 3. The molecule has 1 aromatic rings. The van der Waals surface area contributed by atoms with Gasteiger partial charge in [0.25, 0.3) is 0 Å². The number of aliphatic carboxylic acids is 1. The van der Waals surface area contributed by atoms with Crippen molar-refractivity contribution in [1.82, 2.24) is 14.5 Å². The van der Waals surface area contributed by atoms with Crippen molar-refractivity contribution in [2.75, 3.05) is 13.6 Å². The van der Waals surface area contributed by atoms with Crippen LogP contribution >= 0.6 is 0 Å². The zero-order chi connectivity index (χ0) is 13.3. The molecule has 0 spiro atoms. The number of aromatic nitrogens is 2. The monoisotopic (exact) mass is 252 g/mol. The van der Waals surface area contributed by atoms with E-state index in [2.05, 4.69) is 4.98 Å². The predicted molar refractivity (Wildman–Crippen MR) is 66.8 cm³/mol. The van der Waals surface area contributed by atoms with Crippen LogP contribution in [0.4, 0.5) is 0 Å². The van der Waals surface area contributed by atoms with Gasteiger partial charge in [-0.1, -0.05) is 0 Å². The number of imidazole rings is 1. The normalized spacial score (nSPS) is 18.9. The third-order valence-corrected chi connectivity index (χ3v) is 3.57. The number of carboxylic acid groups (broad SMARTS) is 1. The molecule has 100 valence electrons. The van der Waals surface area contributed by atoms with Crippen molar-refractivity contribution in [3.8, 4) is 0 Å². The molecule has 0 bridgehead atoms. The Morgan fingerprint density at radius 3 is 2.83 bits per heavy atom. The maximum absolute atomic E-state index is 11.3. The van der Waals surface area contributed by atoms with Crippen LogP contribution in [0.1, 0.15) is 18.7 Å². The van der Waals surface area contributed by atoms with Gasteiger partial charge in [-0.2, -0.15) is 0 Å². The molecule has 18 heavy (non-hydrogen) atoms. The Labute approximate surface area is 106 Å². The summed E-state index contributed by atoms with van der Waals surface area (Å²) in [5.74, 6) is 0.108. The first-order chi connectivity index (χ1) is 8.43. The Morgan fingerprint density at radius 1 is 1.72 bits per heavy atom. The van der Waals surface area contributed by atoms with Crippen molar-refractivity contribution in [2.24, 2.45) is 18.7 Å². The number of carbonyl (C=O) groups is 1. The Kier molecular flexibility index (Phi) is 3.41. The smallest absolute Gasteiger partial charge is 0.325 e. The molecular formula is C12H20N4O2. The van der Waals surface area contributed by atoms with Crippen LogP contribution in [-0.4, -0.2) is 44.7 Å². The Hall–Kier alpha value is -1.40. The summed E-state index contributed by atoms with van der Waals surface area (Å²) in [5.41, 5.74) is 4.92. The highest BCUT2D eigenvalue weighted by molar-refractivity contribution is 5.79. The van der Waals surface area contributed by atoms with Gasteiger partial charge < -0.3 is 15.4 Å². The average molecular weight is 252 g/mol. The quantitative estimate of drug-likeness (QED) is 0.747. The Bertz CT molecular complexity index is 441. The topological polar surface area (TPSA) is 84.4 Å². The van der Waals surface area contributed by atoms with E-state index in [-0.39, 0.29) is 5.92 Å². The van der Waals surface area contributed by atoms with E-state index in [0.29, 0.717) is 13.1 Å². The molecule has 1 aromatic heterocycles. The van der Waals surface area contributed by atoms with Crippen molar-refractivity contribution < 1.29 is 9.90 Å². The van der Waals surface area contributed by atoms with Gasteiger partial charge >= 0.3 is 5.97 Å². The minimum atomic E-state index is -1.13. The highest BCUT2D eigenvalue weighted by atomic mass is 16.4. The lowest BCUT2D eigenvalue weighted by atomic mass is 9.94. The van der Waals surface area contributed by atoms with Gasteiger partial charge in [0.1, 0.15) is 11.4 Å². The SMILES string of the molecule is CN(Cc1nccn1C)CC(N)(C(=O)O)C1CC1. The van der Waals surface area contributed by atoms with Crippen molar-refractivity contribution >= 4 is 5.97 Å². The number of rotatable bonds is 6. The number of aryl methyl sites for hydroxylation is 1. The van der Waals surface area contributed by atoms with E-state index in [1.165, 1.54) is 0 Å². The van der Waals surface area contributed by atoms with Gasteiger partial charge in [0.05, 0.1) is 6.54 Å². The second-order valence-corrected chi connectivity index (χ2v) is 5.25. The van der Waals surface area contributed by atoms with E-state index in [1.807, 2.05) is 29.8 Å². The molecule has 0 aromatic carbocycles. The van der Waals surface area contributed by atoms with E-state index in [4.69, 9.17) is 5.73 Å². The second kappa shape index (κ2) is 4.70. The standard InChI is InChI=1S/C12H20N4O2/c1-15(7-10-14-5-6-16(10)2)8-12(13,11(17)18)9-3-4-9/h5-6,9H,3-4,7-8,13H2,1-2H3,(H,17,18). The number of hydrogen-bond acceptors (Lipinski definition) is 4. The van der Waals surface area contributed by atoms with Gasteiger partial charge in [0.2, 0.25) is 0 Å². The maximum Gasteiger partial charge on any atom is 0.325 e. The lowest BCUT2D eigenvalue weighted by molar-refractivity contribution is -0.145. The molecule has 1 unspecified atom stereocenters. The first kappa shape index (κ1) is 13.0. The lowest BCUT2D eigenvalue weighted by Gasteiger charge is -2.29. The zero-order valence-electron chi connectivity index (χ0n) is 10.8. The van der Waals surface area contributed by atoms with Crippen LogP contribution in [0.2, 0.25) is 0 Å². The predicted octanol–water partition coefficient (Wildman–Crippen LogP) is 0.0440. The summed E-state index contributed by atoms with van der Waals surface area (Å²) in [6.45, 7) is 0.947. The van der Waals surface area contributed by atoms with Gasteiger partial charge in [-0.25, -0.2) is 4.98 Å². The van der Waals surface area contributed by atoms with E-state index >= 15 is 0 Å². The molecule has 1 aliphatic carbocycles. The molecule has 2 rings (SSSR count). The van der Waals surface area contributed by atoms with E-state index in [1.54, 1.807) is 6.20 Å². The summed E-state index contributed by atoms with van der Waals surface area (Å²) in [6.07, 6.45) is 5.44. The molecular weight excluding hydrogens is 232 g/mol. The van der Waals surface area contributed by atoms with Gasteiger partial charge in [-0.3, -0.25) is 9.69 Å². The molecule has 0 aliphatic heterocycles. The fourth-order valence-corrected chi connectivity index (χ4v) is 2.26. The highest BCUT2D eigenvalue weighted by Gasteiger charge is 2.48. The fraction of sp³-hybridized carbons (Fsp3) is 0.667. The lowest BCUT2D eigenvalue weighted by Crippen LogP contribution is -2.57. The molecule has 6 heteroatoms. The first-order valence-corrected chi connectivity index (χ1v) is 6.10. The van der Waals surface area contributed by atoms with Gasteiger partial charge in [0.15, 0.2) is 0 Å². The molecule has 0 radical (unpaired) electrons. The molecule has 1 atom stereocenters. The third-order valence-electron chi connectivity index (χ3n) is 3.57. The first-order valence-electron chi connectivity index (χ1n) is 6.10. The van der Waals surface area contributed by atoms with Gasteiger partial charge in [-0.15, -0.1) is 0 Å². The minimum Gasteiger partial charge on any atom is -0.480 e. The van der Waals surface area contributed by atoms with Crippen LogP contribution in [0, 0.1) is 5.92 Å². The van der Waals surface area contributed by atoms with E-state index < -0.39 is 11.5 Å². The Morgan fingerprint density at radius 2 is 2.39 bits per heavy atom. The van der Waals surface area contributed by atoms with Crippen molar-refractivity contribution in [3.05, 3.63) is 18.2 Å². The van der Waals surface area contributed by atoms with Crippen LogP contribution in [0.15, 0.2) is 12.4 Å². The molecule has 6 nitrogen and oxygen atoms in total. The summed E-state index contributed by atoms with van der Waals surface area (Å²) in [6, 6.07) is 0. The van der Waals surface area contributed by atoms with Crippen LogP contribution in [-0.2, 0) is 18.4 Å². The second-order valence-electron chi connectivity index (χ2n) is 5.25. The molecule has 1 aliphatic rings. The molecule has 3 N–H and O–H groups in total. The molecule has 0 saturated heterocycles. The third kappa shape index (κ3) is 2.54. The van der Waals surface area contributed by atoms with Crippen LogP contribution in [0.5, 0.6) is 0 Å². The molecule has 1 heterocycles. The molecule has 0 amide bonds. The fourth-order valence-electron chi connectivity index (χ4n) is 2.26. The number of nitrogens with two attached hydrogens (primary N) is 1. The largest absolute Gasteiger partial charge is 0.480 e. The summed E-state index contributed by atoms with van der Waals surface area (Å²) in [5, 5.41) is 9.30. The summed E-state index contributed by atoms with van der Waals surface area (Å²) in [4.78, 5) is 17.5. The van der Waals surface area contributed by atoms with Crippen LogP contribution < -0.4 is 5.73 Å². The minimum absolute atomic E-state index is 0.110. The number of hydrogen-bond donors (Lipinski definition) is 2. The summed E-state index contributed by atoms with van der Waals surface area (Å²) >= 11 is 0. The van der Waals surface area contributed by atoms with E-state index in [9.17, 15) is 9.90 Å². The Balaban J connectivity index is 1.99. The highest BCUT2D eigenvalue weighted by Crippen LogP contribution is 2.38. The summed E-state index contributed by atoms with van der Waals surface area (Å²) in [7, 11) is 3.80.